The maximum Gasteiger partial charge on any atom is 0.258 e. The first kappa shape index (κ1) is 14.7. The van der Waals surface area contributed by atoms with Crippen molar-refractivity contribution < 1.29 is 8.78 Å². The summed E-state index contributed by atoms with van der Waals surface area (Å²) in [6.07, 6.45) is 0.102. The predicted octanol–water partition coefficient (Wildman–Crippen LogP) is 2.50. The van der Waals surface area contributed by atoms with Crippen LogP contribution in [0, 0.1) is 0 Å². The minimum Gasteiger partial charge on any atom is -0.372 e. The molecule has 2 fully saturated rings. The van der Waals surface area contributed by atoms with Gasteiger partial charge >= 0.3 is 0 Å². The maximum absolute atomic E-state index is 13.5. The van der Waals surface area contributed by atoms with Crippen molar-refractivity contribution in [2.75, 3.05) is 44.2 Å². The van der Waals surface area contributed by atoms with Crippen molar-refractivity contribution in [3.63, 3.8) is 0 Å². The van der Waals surface area contributed by atoms with E-state index < -0.39 is 12.5 Å². The van der Waals surface area contributed by atoms with Crippen LogP contribution in [0.3, 0.4) is 0 Å². The van der Waals surface area contributed by atoms with E-state index in [1.807, 2.05) is 29.2 Å². The largest absolute Gasteiger partial charge is 0.372 e. The number of anilines is 1. The van der Waals surface area contributed by atoms with E-state index in [4.69, 9.17) is 0 Å². The van der Waals surface area contributed by atoms with Crippen LogP contribution in [-0.2, 0) is 0 Å². The van der Waals surface area contributed by atoms with Crippen molar-refractivity contribution in [2.24, 2.45) is 0 Å². The lowest BCUT2D eigenvalue weighted by atomic mass is 10.0. The number of piperazine rings is 1. The Bertz CT molecular complexity index is 437. The molecule has 3 nitrogen and oxygen atoms in total. The van der Waals surface area contributed by atoms with Gasteiger partial charge in [-0.05, 0) is 30.5 Å². The van der Waals surface area contributed by atoms with Crippen LogP contribution in [0.15, 0.2) is 24.3 Å². The van der Waals surface area contributed by atoms with E-state index in [1.54, 1.807) is 0 Å². The molecule has 0 aliphatic carbocycles. The summed E-state index contributed by atoms with van der Waals surface area (Å²) in [5.74, 6) is 0. The second kappa shape index (κ2) is 6.71. The van der Waals surface area contributed by atoms with E-state index in [9.17, 15) is 8.78 Å². The molecule has 21 heavy (non-hydrogen) atoms. The Hall–Kier alpha value is -1.20. The van der Waals surface area contributed by atoms with Crippen LogP contribution in [0.4, 0.5) is 14.5 Å². The van der Waals surface area contributed by atoms with E-state index in [2.05, 4.69) is 10.2 Å². The third kappa shape index (κ3) is 3.35. The highest BCUT2D eigenvalue weighted by molar-refractivity contribution is 5.48. The molecule has 1 aromatic carbocycles. The Kier molecular flexibility index (Phi) is 4.70. The standard InChI is InChI=1S/C16H23F2N3/c17-16(18)15(21-11-7-19-8-12-21)13-3-5-14(6-4-13)20-9-1-2-10-20/h3-6,15-16,19H,1-2,7-12H2/t15-/m1/s1. The second-order valence-electron chi connectivity index (χ2n) is 5.85. The third-order valence-electron chi connectivity index (χ3n) is 4.49. The minimum atomic E-state index is -2.35. The first-order chi connectivity index (χ1) is 10.3. The summed E-state index contributed by atoms with van der Waals surface area (Å²) >= 11 is 0. The fraction of sp³-hybridized carbons (Fsp3) is 0.625. The summed E-state index contributed by atoms with van der Waals surface area (Å²) < 4.78 is 27.0. The maximum atomic E-state index is 13.5. The Balaban J connectivity index is 1.75. The van der Waals surface area contributed by atoms with Crippen molar-refractivity contribution >= 4 is 5.69 Å². The number of nitrogens with one attached hydrogen (secondary N) is 1. The fourth-order valence-corrected chi connectivity index (χ4v) is 3.33. The zero-order valence-corrected chi connectivity index (χ0v) is 12.3. The van der Waals surface area contributed by atoms with Gasteiger partial charge in [0.2, 0.25) is 0 Å². The van der Waals surface area contributed by atoms with Crippen molar-refractivity contribution in [3.05, 3.63) is 29.8 Å². The quantitative estimate of drug-likeness (QED) is 0.921. The van der Waals surface area contributed by atoms with Crippen LogP contribution in [0.25, 0.3) is 0 Å². The van der Waals surface area contributed by atoms with Gasteiger partial charge in [-0.3, -0.25) is 4.90 Å². The molecule has 2 aliphatic rings. The minimum absolute atomic E-state index is 0.683. The summed E-state index contributed by atoms with van der Waals surface area (Å²) in [7, 11) is 0. The molecule has 2 heterocycles. The molecule has 0 amide bonds. The van der Waals surface area contributed by atoms with Gasteiger partial charge in [0.05, 0.1) is 6.04 Å². The summed E-state index contributed by atoms with van der Waals surface area (Å²) in [5, 5.41) is 3.21. The van der Waals surface area contributed by atoms with Crippen LogP contribution in [0.1, 0.15) is 24.4 Å². The monoisotopic (exact) mass is 295 g/mol. The van der Waals surface area contributed by atoms with Crippen LogP contribution < -0.4 is 10.2 Å². The molecule has 2 aliphatic heterocycles. The zero-order valence-electron chi connectivity index (χ0n) is 12.3. The molecule has 0 spiro atoms. The number of nitrogens with zero attached hydrogens (tertiary/aromatic N) is 2. The highest BCUT2D eigenvalue weighted by Gasteiger charge is 2.30. The lowest BCUT2D eigenvalue weighted by molar-refractivity contribution is 0.0182. The second-order valence-corrected chi connectivity index (χ2v) is 5.85. The molecule has 2 saturated heterocycles. The van der Waals surface area contributed by atoms with Crippen molar-refractivity contribution in [3.8, 4) is 0 Å². The molecule has 1 atom stereocenters. The van der Waals surface area contributed by atoms with Crippen molar-refractivity contribution in [2.45, 2.75) is 25.3 Å². The van der Waals surface area contributed by atoms with Gasteiger partial charge in [0, 0.05) is 45.0 Å². The van der Waals surface area contributed by atoms with E-state index in [0.717, 1.165) is 37.4 Å². The van der Waals surface area contributed by atoms with E-state index >= 15 is 0 Å². The van der Waals surface area contributed by atoms with Crippen LogP contribution in [0.5, 0.6) is 0 Å². The van der Waals surface area contributed by atoms with Gasteiger partial charge in [0.15, 0.2) is 0 Å². The molecule has 1 N–H and O–H groups in total. The molecule has 5 heteroatoms. The number of halogens is 2. The van der Waals surface area contributed by atoms with E-state index in [0.29, 0.717) is 13.1 Å². The SMILES string of the molecule is FC(F)[C@@H](c1ccc(N2CCCC2)cc1)N1CCNCC1. The average Bonchev–Trinajstić information content (AvgIpc) is 3.03. The molecule has 1 aromatic rings. The summed E-state index contributed by atoms with van der Waals surface area (Å²) in [6.45, 7) is 5.10. The normalized spacial score (nSPS) is 22.0. The van der Waals surface area contributed by atoms with Gasteiger partial charge in [-0.1, -0.05) is 12.1 Å². The molecule has 3 rings (SSSR count). The molecule has 0 bridgehead atoms. The van der Waals surface area contributed by atoms with Gasteiger partial charge in [-0.2, -0.15) is 0 Å². The van der Waals surface area contributed by atoms with Gasteiger partial charge in [0.25, 0.3) is 6.43 Å². The first-order valence-corrected chi connectivity index (χ1v) is 7.83. The summed E-state index contributed by atoms with van der Waals surface area (Å²) in [6, 6.07) is 6.98. The molecular weight excluding hydrogens is 272 g/mol. The number of benzene rings is 1. The Morgan fingerprint density at radius 1 is 0.905 bits per heavy atom. The molecule has 0 saturated carbocycles. The average molecular weight is 295 g/mol. The fourth-order valence-electron chi connectivity index (χ4n) is 3.33. The van der Waals surface area contributed by atoms with Crippen molar-refractivity contribution in [1.82, 2.24) is 10.2 Å². The zero-order chi connectivity index (χ0) is 14.7. The Labute approximate surface area is 124 Å². The number of hydrogen-bond donors (Lipinski definition) is 1. The first-order valence-electron chi connectivity index (χ1n) is 7.83. The van der Waals surface area contributed by atoms with Crippen LogP contribution in [-0.4, -0.2) is 50.6 Å². The number of hydrogen-bond acceptors (Lipinski definition) is 3. The smallest absolute Gasteiger partial charge is 0.258 e. The Morgan fingerprint density at radius 2 is 1.52 bits per heavy atom. The third-order valence-corrected chi connectivity index (χ3v) is 4.49. The summed E-state index contributed by atoms with van der Waals surface area (Å²) in [5.41, 5.74) is 1.89. The molecular formula is C16H23F2N3. The molecule has 0 radical (unpaired) electrons. The van der Waals surface area contributed by atoms with E-state index in [1.165, 1.54) is 12.8 Å². The number of alkyl halides is 2. The van der Waals surface area contributed by atoms with Crippen LogP contribution >= 0.6 is 0 Å². The molecule has 0 unspecified atom stereocenters. The molecule has 0 aromatic heterocycles. The van der Waals surface area contributed by atoms with Gasteiger partial charge in [-0.15, -0.1) is 0 Å². The van der Waals surface area contributed by atoms with Gasteiger partial charge < -0.3 is 10.2 Å². The topological polar surface area (TPSA) is 18.5 Å². The van der Waals surface area contributed by atoms with Gasteiger partial charge in [-0.25, -0.2) is 8.78 Å². The lowest BCUT2D eigenvalue weighted by Crippen LogP contribution is -2.46. The summed E-state index contributed by atoms with van der Waals surface area (Å²) in [4.78, 5) is 4.22. The molecule has 116 valence electrons. The highest BCUT2D eigenvalue weighted by atomic mass is 19.3. The van der Waals surface area contributed by atoms with Crippen LogP contribution in [0.2, 0.25) is 0 Å². The highest BCUT2D eigenvalue weighted by Crippen LogP contribution is 2.30. The van der Waals surface area contributed by atoms with E-state index in [-0.39, 0.29) is 0 Å². The Morgan fingerprint density at radius 3 is 2.10 bits per heavy atom. The van der Waals surface area contributed by atoms with Gasteiger partial charge in [0.1, 0.15) is 0 Å². The lowest BCUT2D eigenvalue weighted by Gasteiger charge is -2.34. The number of rotatable bonds is 4. The van der Waals surface area contributed by atoms with Crippen molar-refractivity contribution in [1.29, 1.82) is 0 Å². The predicted molar refractivity (Wildman–Crippen MR) is 81.1 cm³/mol.